The van der Waals surface area contributed by atoms with Gasteiger partial charge in [-0.25, -0.2) is 9.80 Å². The average Bonchev–Trinajstić information content (AvgIpc) is 3.12. The van der Waals surface area contributed by atoms with Gasteiger partial charge in [0.1, 0.15) is 18.2 Å². The fourth-order valence-electron chi connectivity index (χ4n) is 7.02. The zero-order chi connectivity index (χ0) is 35.8. The first-order valence-electron chi connectivity index (χ1n) is 17.6. The molecule has 5 rings (SSSR count). The molecular formula is C38H50N4O8. The Morgan fingerprint density at radius 2 is 1.60 bits per heavy atom. The van der Waals surface area contributed by atoms with Crippen LogP contribution in [0.15, 0.2) is 53.6 Å². The smallest absolute Gasteiger partial charge is 0.408 e. The van der Waals surface area contributed by atoms with Crippen LogP contribution < -0.4 is 14.8 Å². The number of nitrogens with one attached hydrogen (secondary N) is 1. The maximum atomic E-state index is 13.9. The topological polar surface area (TPSA) is 136 Å². The van der Waals surface area contributed by atoms with Crippen molar-refractivity contribution in [1.29, 1.82) is 0 Å². The molecule has 3 amide bonds. The Morgan fingerprint density at radius 3 is 2.26 bits per heavy atom. The lowest BCUT2D eigenvalue weighted by molar-refractivity contribution is -0.145. The van der Waals surface area contributed by atoms with Crippen LogP contribution in [-0.2, 0) is 30.5 Å². The van der Waals surface area contributed by atoms with E-state index >= 15 is 0 Å². The fraction of sp³-hybridized carbons (Fsp3) is 0.553. The van der Waals surface area contributed by atoms with Crippen molar-refractivity contribution in [2.75, 3.05) is 27.3 Å². The van der Waals surface area contributed by atoms with Gasteiger partial charge in [-0.1, -0.05) is 43.2 Å². The Morgan fingerprint density at radius 1 is 0.920 bits per heavy atom. The highest BCUT2D eigenvalue weighted by molar-refractivity contribution is 6.07. The lowest BCUT2D eigenvalue weighted by Gasteiger charge is -2.43. The van der Waals surface area contributed by atoms with Crippen molar-refractivity contribution in [3.8, 4) is 11.5 Å². The third kappa shape index (κ3) is 9.13. The molecule has 0 spiro atoms. The van der Waals surface area contributed by atoms with Gasteiger partial charge in [0.05, 0.1) is 26.0 Å². The largest absolute Gasteiger partial charge is 0.493 e. The van der Waals surface area contributed by atoms with Crippen LogP contribution >= 0.6 is 0 Å². The summed E-state index contributed by atoms with van der Waals surface area (Å²) >= 11 is 0. The summed E-state index contributed by atoms with van der Waals surface area (Å²) in [6, 6.07) is 13.9. The number of piperidine rings is 1. The molecule has 0 radical (unpaired) electrons. The van der Waals surface area contributed by atoms with E-state index in [4.69, 9.17) is 24.0 Å². The minimum Gasteiger partial charge on any atom is -0.493 e. The lowest BCUT2D eigenvalue weighted by Crippen LogP contribution is -2.55. The van der Waals surface area contributed by atoms with Gasteiger partial charge in [0.15, 0.2) is 11.5 Å². The number of hydrogen-bond donors (Lipinski definition) is 1. The maximum Gasteiger partial charge on any atom is 0.408 e. The number of rotatable bonds is 11. The molecule has 0 aromatic heterocycles. The zero-order valence-corrected chi connectivity index (χ0v) is 29.8. The number of esters is 1. The molecule has 12 nitrogen and oxygen atoms in total. The van der Waals surface area contributed by atoms with E-state index in [0.717, 1.165) is 42.5 Å². The van der Waals surface area contributed by atoms with Crippen molar-refractivity contribution in [3.63, 3.8) is 0 Å². The molecule has 3 atom stereocenters. The van der Waals surface area contributed by atoms with Crippen LogP contribution in [0.5, 0.6) is 11.5 Å². The molecule has 270 valence electrons. The summed E-state index contributed by atoms with van der Waals surface area (Å²) in [7, 11) is 3.20. The first kappa shape index (κ1) is 36.7. The Labute approximate surface area is 294 Å². The highest BCUT2D eigenvalue weighted by Gasteiger charge is 2.44. The summed E-state index contributed by atoms with van der Waals surface area (Å²) in [6.45, 7) is 6.09. The molecule has 2 fully saturated rings. The van der Waals surface area contributed by atoms with Gasteiger partial charge in [0.2, 0.25) is 11.8 Å². The zero-order valence-electron chi connectivity index (χ0n) is 29.8. The third-order valence-corrected chi connectivity index (χ3v) is 9.55. The molecule has 1 saturated heterocycles. The number of nitrogens with zero attached hydrogens (tertiary/aromatic N) is 3. The summed E-state index contributed by atoms with van der Waals surface area (Å²) in [5.74, 6) is 0.387. The normalized spacial score (nSPS) is 20.3. The molecule has 2 aromatic carbocycles. The predicted octanol–water partition coefficient (Wildman–Crippen LogP) is 5.46. The van der Waals surface area contributed by atoms with Crippen LogP contribution in [0.25, 0.3) is 0 Å². The molecule has 1 aliphatic carbocycles. The molecule has 12 heteroatoms. The van der Waals surface area contributed by atoms with Gasteiger partial charge in [-0.2, -0.15) is 5.10 Å². The number of fused-ring (bicyclic) bond motifs is 1. The second-order valence-corrected chi connectivity index (χ2v) is 14.2. The van der Waals surface area contributed by atoms with Gasteiger partial charge in [-0.15, -0.1) is 0 Å². The maximum absolute atomic E-state index is 13.9. The molecule has 2 aromatic rings. The SMILES string of the molecule is COc1ccc(C2=NN(C3CCN(C(=O)[C@@H](CCC(=O)OCc4ccccc4)NC(=O)OC(C)(C)C)CC3)C(=O)[C@@H]3CCCC[C@H]23)cc1OC. The van der Waals surface area contributed by atoms with E-state index < -0.39 is 23.7 Å². The summed E-state index contributed by atoms with van der Waals surface area (Å²) in [5.41, 5.74) is 1.88. The number of carbonyl (C=O) groups excluding carboxylic acids is 4. The second kappa shape index (κ2) is 16.4. The van der Waals surface area contributed by atoms with Crippen molar-refractivity contribution < 1.29 is 38.1 Å². The van der Waals surface area contributed by atoms with Crippen molar-refractivity contribution in [2.45, 2.75) is 96.4 Å². The summed E-state index contributed by atoms with van der Waals surface area (Å²) in [4.78, 5) is 54.8. The molecule has 2 heterocycles. The second-order valence-electron chi connectivity index (χ2n) is 14.2. The third-order valence-electron chi connectivity index (χ3n) is 9.55. The standard InChI is InChI=1S/C38H50N4O8/c1-38(2,3)50-37(46)39-30(16-18-33(43)49-24-25-11-7-6-8-12-25)36(45)41-21-19-27(20-22-41)42-35(44)29-14-10-9-13-28(29)34(40-42)26-15-17-31(47-4)32(23-26)48-5/h6-8,11-12,15,17,23,27-30H,9-10,13-14,16,18-22,24H2,1-5H3,(H,39,46)/t28-,29+,30+/m0/s1. The monoisotopic (exact) mass is 690 g/mol. The van der Waals surface area contributed by atoms with Crippen LogP contribution in [0.1, 0.15) is 83.3 Å². The van der Waals surface area contributed by atoms with Crippen molar-refractivity contribution in [2.24, 2.45) is 16.9 Å². The van der Waals surface area contributed by atoms with E-state index in [0.29, 0.717) is 37.4 Å². The number of ether oxygens (including phenoxy) is 4. The summed E-state index contributed by atoms with van der Waals surface area (Å²) in [6.07, 6.45) is 4.06. The highest BCUT2D eigenvalue weighted by atomic mass is 16.6. The van der Waals surface area contributed by atoms with Crippen LogP contribution in [0.3, 0.4) is 0 Å². The fourth-order valence-corrected chi connectivity index (χ4v) is 7.02. The van der Waals surface area contributed by atoms with Crippen molar-refractivity contribution >= 4 is 29.6 Å². The minimum absolute atomic E-state index is 0.0336. The first-order chi connectivity index (χ1) is 24.0. The van der Waals surface area contributed by atoms with Crippen molar-refractivity contribution in [1.82, 2.24) is 15.2 Å². The number of alkyl carbamates (subject to hydrolysis) is 1. The van der Waals surface area contributed by atoms with Crippen LogP contribution in [0, 0.1) is 11.8 Å². The van der Waals surface area contributed by atoms with E-state index in [1.54, 1.807) is 44.9 Å². The molecule has 0 unspecified atom stereocenters. The summed E-state index contributed by atoms with van der Waals surface area (Å²) in [5, 5.41) is 9.37. The number of likely N-dealkylation sites (tertiary alicyclic amines) is 1. The van der Waals surface area contributed by atoms with Crippen molar-refractivity contribution in [3.05, 3.63) is 59.7 Å². The number of carbonyl (C=O) groups is 4. The van der Waals surface area contributed by atoms with Crippen LogP contribution in [0.4, 0.5) is 4.79 Å². The highest BCUT2D eigenvalue weighted by Crippen LogP contribution is 2.40. The van der Waals surface area contributed by atoms with Crippen LogP contribution in [-0.4, -0.2) is 84.5 Å². The first-order valence-corrected chi connectivity index (χ1v) is 17.6. The van der Waals surface area contributed by atoms with E-state index in [1.165, 1.54) is 0 Å². The van der Waals surface area contributed by atoms with E-state index in [2.05, 4.69) is 5.32 Å². The van der Waals surface area contributed by atoms with Crippen LogP contribution in [0.2, 0.25) is 0 Å². The van der Waals surface area contributed by atoms with E-state index in [1.807, 2.05) is 48.5 Å². The molecule has 3 aliphatic rings. The van der Waals surface area contributed by atoms with Gasteiger partial charge in [-0.05, 0) is 76.6 Å². The number of amides is 3. The van der Waals surface area contributed by atoms with Gasteiger partial charge in [0.25, 0.3) is 0 Å². The Bertz CT molecular complexity index is 1550. The van der Waals surface area contributed by atoms with Gasteiger partial charge < -0.3 is 29.2 Å². The molecule has 1 saturated carbocycles. The van der Waals surface area contributed by atoms with Gasteiger partial charge >= 0.3 is 12.1 Å². The average molecular weight is 691 g/mol. The van der Waals surface area contributed by atoms with E-state index in [9.17, 15) is 19.2 Å². The molecular weight excluding hydrogens is 640 g/mol. The number of methoxy groups -OCH3 is 2. The molecule has 50 heavy (non-hydrogen) atoms. The quantitative estimate of drug-likeness (QED) is 0.307. The molecule has 0 bridgehead atoms. The lowest BCUT2D eigenvalue weighted by atomic mass is 9.73. The number of hydrazone groups is 1. The molecule has 1 N–H and O–H groups in total. The molecule has 2 aliphatic heterocycles. The Balaban J connectivity index is 1.27. The summed E-state index contributed by atoms with van der Waals surface area (Å²) < 4.78 is 21.9. The minimum atomic E-state index is -0.986. The van der Waals surface area contributed by atoms with Gasteiger partial charge in [0, 0.05) is 36.9 Å². The predicted molar refractivity (Wildman–Crippen MR) is 187 cm³/mol. The Hall–Kier alpha value is -4.61. The number of benzene rings is 2. The van der Waals surface area contributed by atoms with E-state index in [-0.39, 0.29) is 49.1 Å². The Kier molecular flexibility index (Phi) is 12.0. The number of hydrogen-bond acceptors (Lipinski definition) is 9. The van der Waals surface area contributed by atoms with Gasteiger partial charge in [-0.3, -0.25) is 14.4 Å².